The summed E-state index contributed by atoms with van der Waals surface area (Å²) in [4.78, 5) is 0. The molecule has 0 aliphatic heterocycles. The lowest BCUT2D eigenvalue weighted by molar-refractivity contribution is 0.120. The van der Waals surface area contributed by atoms with E-state index in [1.165, 1.54) is 7.11 Å². The summed E-state index contributed by atoms with van der Waals surface area (Å²) in [7, 11) is -2.61. The Morgan fingerprint density at radius 2 is 1.87 bits per heavy atom. The van der Waals surface area contributed by atoms with Gasteiger partial charge < -0.3 is 4.74 Å². The molecule has 1 rings (SSSR count). The highest BCUT2D eigenvalue weighted by Gasteiger charge is 2.17. The number of ether oxygens (including phenoxy) is 1. The molecular weight excluding hydrogens is 216 g/mol. The number of hydrogen-bond donors (Lipinski definition) is 1. The summed E-state index contributed by atoms with van der Waals surface area (Å²) >= 11 is 0. The molecule has 0 aromatic heterocycles. The molecule has 15 heavy (non-hydrogen) atoms. The predicted molar refractivity (Wildman–Crippen MR) is 57.3 cm³/mol. The Morgan fingerprint density at radius 1 is 1.33 bits per heavy atom. The van der Waals surface area contributed by atoms with Gasteiger partial charge in [-0.1, -0.05) is 29.8 Å². The van der Waals surface area contributed by atoms with Crippen LogP contribution in [0.2, 0.25) is 0 Å². The quantitative estimate of drug-likeness (QED) is 0.797. The minimum atomic E-state index is -4.02. The van der Waals surface area contributed by atoms with Crippen LogP contribution in [0.5, 0.6) is 0 Å². The summed E-state index contributed by atoms with van der Waals surface area (Å²) in [6.45, 7) is 1.94. The van der Waals surface area contributed by atoms with E-state index < -0.39 is 22.0 Å². The molecule has 5 heteroatoms. The van der Waals surface area contributed by atoms with Gasteiger partial charge in [0.05, 0.1) is 6.10 Å². The van der Waals surface area contributed by atoms with Crippen molar-refractivity contribution in [3.63, 3.8) is 0 Å². The first-order chi connectivity index (χ1) is 6.92. The van der Waals surface area contributed by atoms with Gasteiger partial charge in [0.2, 0.25) is 0 Å². The van der Waals surface area contributed by atoms with Crippen molar-refractivity contribution < 1.29 is 17.7 Å². The molecule has 1 aromatic rings. The average Bonchev–Trinajstić information content (AvgIpc) is 2.14. The summed E-state index contributed by atoms with van der Waals surface area (Å²) in [5, 5.41) is 0. The first kappa shape index (κ1) is 12.2. The fraction of sp³-hybridized carbons (Fsp3) is 0.400. The van der Waals surface area contributed by atoms with Crippen molar-refractivity contribution in [2.45, 2.75) is 13.0 Å². The molecule has 0 saturated carbocycles. The zero-order valence-corrected chi connectivity index (χ0v) is 9.49. The van der Waals surface area contributed by atoms with Gasteiger partial charge in [0.1, 0.15) is 5.75 Å². The van der Waals surface area contributed by atoms with Crippen molar-refractivity contribution >= 4 is 10.1 Å². The molecule has 0 spiro atoms. The van der Waals surface area contributed by atoms with E-state index in [0.717, 1.165) is 11.1 Å². The second-order valence-electron chi connectivity index (χ2n) is 3.38. The van der Waals surface area contributed by atoms with Gasteiger partial charge in [-0.25, -0.2) is 0 Å². The normalized spacial score (nSPS) is 13.8. The molecule has 0 bridgehead atoms. The molecule has 0 aliphatic carbocycles. The zero-order chi connectivity index (χ0) is 11.5. The van der Waals surface area contributed by atoms with Gasteiger partial charge in [0, 0.05) is 7.11 Å². The predicted octanol–water partition coefficient (Wildman–Crippen LogP) is 1.57. The summed E-state index contributed by atoms with van der Waals surface area (Å²) in [5.74, 6) is -0.424. The van der Waals surface area contributed by atoms with E-state index in [4.69, 9.17) is 9.29 Å². The Balaban J connectivity index is 2.88. The third-order valence-corrected chi connectivity index (χ3v) is 2.82. The summed E-state index contributed by atoms with van der Waals surface area (Å²) in [5.41, 5.74) is 1.82. The fourth-order valence-electron chi connectivity index (χ4n) is 1.27. The van der Waals surface area contributed by atoms with Crippen molar-refractivity contribution in [1.29, 1.82) is 0 Å². The number of benzene rings is 1. The molecule has 1 N–H and O–H groups in total. The second kappa shape index (κ2) is 4.74. The van der Waals surface area contributed by atoms with Crippen LogP contribution in [0.4, 0.5) is 0 Å². The minimum Gasteiger partial charge on any atom is -0.376 e. The molecule has 4 nitrogen and oxygen atoms in total. The topological polar surface area (TPSA) is 63.6 Å². The minimum absolute atomic E-state index is 0.424. The Bertz CT molecular complexity index is 408. The van der Waals surface area contributed by atoms with Crippen LogP contribution in [0.3, 0.4) is 0 Å². The fourth-order valence-corrected chi connectivity index (χ4v) is 1.98. The number of rotatable bonds is 4. The van der Waals surface area contributed by atoms with Crippen LogP contribution in [0.1, 0.15) is 17.2 Å². The van der Waals surface area contributed by atoms with Gasteiger partial charge in [-0.15, -0.1) is 0 Å². The highest BCUT2D eigenvalue weighted by molar-refractivity contribution is 7.85. The molecular formula is C10H14O4S. The SMILES string of the molecule is COC(CS(=O)(=O)O)c1ccc(C)cc1. The molecule has 0 amide bonds. The molecule has 1 aromatic carbocycles. The Morgan fingerprint density at radius 3 is 2.27 bits per heavy atom. The van der Waals surface area contributed by atoms with E-state index in [-0.39, 0.29) is 0 Å². The maximum absolute atomic E-state index is 10.7. The lowest BCUT2D eigenvalue weighted by Gasteiger charge is -2.13. The van der Waals surface area contributed by atoms with E-state index in [2.05, 4.69) is 0 Å². The van der Waals surface area contributed by atoms with E-state index in [1.54, 1.807) is 12.1 Å². The molecule has 84 valence electrons. The van der Waals surface area contributed by atoms with E-state index in [0.29, 0.717) is 0 Å². The van der Waals surface area contributed by atoms with E-state index in [1.807, 2.05) is 19.1 Å². The first-order valence-corrected chi connectivity index (χ1v) is 6.08. The van der Waals surface area contributed by atoms with E-state index in [9.17, 15) is 8.42 Å². The highest BCUT2D eigenvalue weighted by atomic mass is 32.2. The maximum atomic E-state index is 10.7. The number of hydrogen-bond acceptors (Lipinski definition) is 3. The molecule has 0 fully saturated rings. The van der Waals surface area contributed by atoms with Crippen LogP contribution in [0, 0.1) is 6.92 Å². The monoisotopic (exact) mass is 230 g/mol. The molecule has 0 heterocycles. The lowest BCUT2D eigenvalue weighted by Crippen LogP contribution is -2.15. The van der Waals surface area contributed by atoms with Crippen LogP contribution < -0.4 is 0 Å². The standard InChI is InChI=1S/C10H14O4S/c1-8-3-5-9(6-4-8)10(14-2)7-15(11,12)13/h3-6,10H,7H2,1-2H3,(H,11,12,13). The van der Waals surface area contributed by atoms with Gasteiger partial charge in [0.25, 0.3) is 10.1 Å². The largest absolute Gasteiger partial charge is 0.376 e. The van der Waals surface area contributed by atoms with Gasteiger partial charge in [-0.2, -0.15) is 8.42 Å². The van der Waals surface area contributed by atoms with Crippen LogP contribution in [-0.4, -0.2) is 25.8 Å². The van der Waals surface area contributed by atoms with Crippen LogP contribution in [0.15, 0.2) is 24.3 Å². The molecule has 0 aliphatic rings. The van der Waals surface area contributed by atoms with Gasteiger partial charge in [-0.05, 0) is 12.5 Å². The van der Waals surface area contributed by atoms with Gasteiger partial charge in [0.15, 0.2) is 0 Å². The van der Waals surface area contributed by atoms with Crippen molar-refractivity contribution in [2.75, 3.05) is 12.9 Å². The third-order valence-electron chi connectivity index (χ3n) is 2.10. The molecule has 1 unspecified atom stereocenters. The summed E-state index contributed by atoms with van der Waals surface area (Å²) in [6, 6.07) is 7.31. The summed E-state index contributed by atoms with van der Waals surface area (Å²) in [6.07, 6.45) is -0.624. The summed E-state index contributed by atoms with van der Waals surface area (Å²) < 4.78 is 35.2. The van der Waals surface area contributed by atoms with Crippen molar-refractivity contribution in [1.82, 2.24) is 0 Å². The molecule has 1 atom stereocenters. The first-order valence-electron chi connectivity index (χ1n) is 4.47. The lowest BCUT2D eigenvalue weighted by atomic mass is 10.1. The number of methoxy groups -OCH3 is 1. The van der Waals surface area contributed by atoms with Crippen LogP contribution in [-0.2, 0) is 14.9 Å². The third kappa shape index (κ3) is 3.99. The molecule has 0 saturated heterocycles. The van der Waals surface area contributed by atoms with E-state index >= 15 is 0 Å². The molecule has 0 radical (unpaired) electrons. The Labute approximate surface area is 89.6 Å². The maximum Gasteiger partial charge on any atom is 0.267 e. The number of aryl methyl sites for hydroxylation is 1. The Hall–Kier alpha value is -0.910. The van der Waals surface area contributed by atoms with Crippen molar-refractivity contribution in [2.24, 2.45) is 0 Å². The second-order valence-corrected chi connectivity index (χ2v) is 4.88. The van der Waals surface area contributed by atoms with Gasteiger partial charge >= 0.3 is 0 Å². The Kier molecular flexibility index (Phi) is 3.84. The zero-order valence-electron chi connectivity index (χ0n) is 8.67. The van der Waals surface area contributed by atoms with Crippen molar-refractivity contribution in [3.8, 4) is 0 Å². The highest BCUT2D eigenvalue weighted by Crippen LogP contribution is 2.18. The van der Waals surface area contributed by atoms with Crippen LogP contribution >= 0.6 is 0 Å². The van der Waals surface area contributed by atoms with Gasteiger partial charge in [-0.3, -0.25) is 4.55 Å². The van der Waals surface area contributed by atoms with Crippen LogP contribution in [0.25, 0.3) is 0 Å². The smallest absolute Gasteiger partial charge is 0.267 e. The van der Waals surface area contributed by atoms with Crippen molar-refractivity contribution in [3.05, 3.63) is 35.4 Å². The average molecular weight is 230 g/mol.